The number of aliphatic hydroxyl groups is 1. The first-order valence-corrected chi connectivity index (χ1v) is 6.68. The zero-order valence-corrected chi connectivity index (χ0v) is 10.1. The van der Waals surface area contributed by atoms with Crippen molar-refractivity contribution in [3.8, 4) is 0 Å². The average molecular weight is 226 g/mol. The summed E-state index contributed by atoms with van der Waals surface area (Å²) in [5, 5.41) is 10.9. The van der Waals surface area contributed by atoms with Crippen molar-refractivity contribution in [2.24, 2.45) is 11.8 Å². The van der Waals surface area contributed by atoms with Crippen LogP contribution in [0, 0.1) is 11.8 Å². The molecule has 0 radical (unpaired) electrons. The van der Waals surface area contributed by atoms with Gasteiger partial charge in [0.15, 0.2) is 5.79 Å². The standard InChI is InChI=1S/C13H22O3/c1-10-4-2-5-11-12(10,14)6-3-7-13(11)15-8-9-16-13/h10-11,14H,2-9H2,1H3/t10-,11+,12+/m1/s1. The Morgan fingerprint density at radius 2 is 1.81 bits per heavy atom. The van der Waals surface area contributed by atoms with Gasteiger partial charge < -0.3 is 14.6 Å². The topological polar surface area (TPSA) is 38.7 Å². The summed E-state index contributed by atoms with van der Waals surface area (Å²) in [6.07, 6.45) is 6.31. The molecule has 0 aromatic heterocycles. The number of fused-ring (bicyclic) bond motifs is 2. The van der Waals surface area contributed by atoms with Gasteiger partial charge >= 0.3 is 0 Å². The van der Waals surface area contributed by atoms with Crippen molar-refractivity contribution >= 4 is 0 Å². The predicted molar refractivity (Wildman–Crippen MR) is 59.9 cm³/mol. The van der Waals surface area contributed by atoms with E-state index in [0.717, 1.165) is 32.1 Å². The fourth-order valence-corrected chi connectivity index (χ4v) is 4.10. The molecule has 1 aliphatic heterocycles. The number of ether oxygens (including phenoxy) is 2. The summed E-state index contributed by atoms with van der Waals surface area (Å²) in [4.78, 5) is 0. The second-order valence-electron chi connectivity index (χ2n) is 5.74. The maximum atomic E-state index is 10.9. The van der Waals surface area contributed by atoms with Crippen LogP contribution in [0.2, 0.25) is 0 Å². The minimum Gasteiger partial charge on any atom is -0.389 e. The van der Waals surface area contributed by atoms with E-state index >= 15 is 0 Å². The highest BCUT2D eigenvalue weighted by Gasteiger charge is 2.59. The summed E-state index contributed by atoms with van der Waals surface area (Å²) in [6.45, 7) is 3.57. The molecule has 0 bridgehead atoms. The number of hydrogen-bond acceptors (Lipinski definition) is 3. The van der Waals surface area contributed by atoms with Crippen LogP contribution in [0.5, 0.6) is 0 Å². The lowest BCUT2D eigenvalue weighted by molar-refractivity contribution is -0.281. The van der Waals surface area contributed by atoms with Crippen molar-refractivity contribution in [2.75, 3.05) is 13.2 Å². The molecule has 3 rings (SSSR count). The van der Waals surface area contributed by atoms with Gasteiger partial charge in [-0.2, -0.15) is 0 Å². The van der Waals surface area contributed by atoms with Crippen molar-refractivity contribution in [1.82, 2.24) is 0 Å². The molecule has 1 heterocycles. The van der Waals surface area contributed by atoms with Crippen LogP contribution in [0.3, 0.4) is 0 Å². The molecular formula is C13H22O3. The molecule has 0 aromatic carbocycles. The van der Waals surface area contributed by atoms with E-state index in [-0.39, 0.29) is 5.92 Å². The summed E-state index contributed by atoms with van der Waals surface area (Å²) in [5.41, 5.74) is -0.541. The molecule has 0 unspecified atom stereocenters. The van der Waals surface area contributed by atoms with E-state index in [1.807, 2.05) is 0 Å². The maximum absolute atomic E-state index is 10.9. The molecule has 3 nitrogen and oxygen atoms in total. The lowest BCUT2D eigenvalue weighted by atomic mass is 9.60. The first-order chi connectivity index (χ1) is 7.67. The van der Waals surface area contributed by atoms with E-state index in [2.05, 4.69) is 6.92 Å². The van der Waals surface area contributed by atoms with Gasteiger partial charge in [0.2, 0.25) is 0 Å². The highest BCUT2D eigenvalue weighted by molar-refractivity contribution is 5.05. The maximum Gasteiger partial charge on any atom is 0.174 e. The third-order valence-electron chi connectivity index (χ3n) is 5.00. The zero-order chi connectivity index (χ0) is 11.2. The smallest absolute Gasteiger partial charge is 0.174 e. The molecule has 3 heteroatoms. The van der Waals surface area contributed by atoms with E-state index in [9.17, 15) is 5.11 Å². The Bertz CT molecular complexity index is 266. The van der Waals surface area contributed by atoms with Crippen molar-refractivity contribution < 1.29 is 14.6 Å². The Balaban J connectivity index is 1.92. The lowest BCUT2D eigenvalue weighted by Crippen LogP contribution is -2.60. The molecule has 1 spiro atoms. The van der Waals surface area contributed by atoms with Gasteiger partial charge in [-0.05, 0) is 31.6 Å². The molecule has 1 N–H and O–H groups in total. The minimum atomic E-state index is -0.541. The molecule has 16 heavy (non-hydrogen) atoms. The van der Waals surface area contributed by atoms with Crippen molar-refractivity contribution in [2.45, 2.75) is 56.8 Å². The zero-order valence-electron chi connectivity index (χ0n) is 10.1. The van der Waals surface area contributed by atoms with Crippen LogP contribution in [0.25, 0.3) is 0 Å². The third kappa shape index (κ3) is 1.38. The summed E-state index contributed by atoms with van der Waals surface area (Å²) >= 11 is 0. The van der Waals surface area contributed by atoms with Crippen LogP contribution in [0.4, 0.5) is 0 Å². The third-order valence-corrected chi connectivity index (χ3v) is 5.00. The van der Waals surface area contributed by atoms with Gasteiger partial charge in [-0.3, -0.25) is 0 Å². The highest BCUT2D eigenvalue weighted by Crippen LogP contribution is 2.53. The Labute approximate surface area is 97.1 Å². The van der Waals surface area contributed by atoms with Gasteiger partial charge in [0.25, 0.3) is 0 Å². The monoisotopic (exact) mass is 226 g/mol. The van der Waals surface area contributed by atoms with E-state index in [1.165, 1.54) is 6.42 Å². The number of rotatable bonds is 0. The van der Waals surface area contributed by atoms with Crippen molar-refractivity contribution in [3.05, 3.63) is 0 Å². The van der Waals surface area contributed by atoms with Gasteiger partial charge in [-0.25, -0.2) is 0 Å². The second kappa shape index (κ2) is 3.69. The molecule has 1 saturated heterocycles. The lowest BCUT2D eigenvalue weighted by Gasteiger charge is -2.54. The molecular weight excluding hydrogens is 204 g/mol. The van der Waals surface area contributed by atoms with E-state index in [1.54, 1.807) is 0 Å². The van der Waals surface area contributed by atoms with Gasteiger partial charge in [0.1, 0.15) is 0 Å². The van der Waals surface area contributed by atoms with Crippen LogP contribution < -0.4 is 0 Å². The van der Waals surface area contributed by atoms with E-state index < -0.39 is 11.4 Å². The largest absolute Gasteiger partial charge is 0.389 e. The van der Waals surface area contributed by atoms with Crippen LogP contribution in [-0.2, 0) is 9.47 Å². The minimum absolute atomic E-state index is 0.194. The van der Waals surface area contributed by atoms with Gasteiger partial charge in [-0.1, -0.05) is 13.3 Å². The van der Waals surface area contributed by atoms with E-state index in [0.29, 0.717) is 19.1 Å². The summed E-state index contributed by atoms with van der Waals surface area (Å²) in [7, 11) is 0. The first-order valence-electron chi connectivity index (χ1n) is 6.68. The van der Waals surface area contributed by atoms with E-state index in [4.69, 9.17) is 9.47 Å². The Morgan fingerprint density at radius 1 is 1.06 bits per heavy atom. The van der Waals surface area contributed by atoms with Crippen molar-refractivity contribution in [3.63, 3.8) is 0 Å². The first kappa shape index (κ1) is 11.0. The summed E-state index contributed by atoms with van der Waals surface area (Å²) in [6, 6.07) is 0. The molecule has 3 atom stereocenters. The summed E-state index contributed by atoms with van der Waals surface area (Å²) in [5.74, 6) is 0.137. The van der Waals surface area contributed by atoms with Gasteiger partial charge in [0.05, 0.1) is 18.8 Å². The Morgan fingerprint density at radius 3 is 2.56 bits per heavy atom. The fourth-order valence-electron chi connectivity index (χ4n) is 4.10. The van der Waals surface area contributed by atoms with Crippen LogP contribution in [-0.4, -0.2) is 29.7 Å². The molecule has 0 aromatic rings. The average Bonchev–Trinajstić information content (AvgIpc) is 2.71. The quantitative estimate of drug-likeness (QED) is 0.687. The SMILES string of the molecule is C[C@@H]1CCC[C@@H]2C3(CCC[C@]12O)OCCO3. The molecule has 0 amide bonds. The molecule has 92 valence electrons. The second-order valence-corrected chi connectivity index (χ2v) is 5.74. The molecule has 2 saturated carbocycles. The molecule has 2 aliphatic carbocycles. The predicted octanol–water partition coefficient (Wildman–Crippen LogP) is 2.08. The van der Waals surface area contributed by atoms with Crippen LogP contribution in [0.15, 0.2) is 0 Å². The van der Waals surface area contributed by atoms with Gasteiger partial charge in [-0.15, -0.1) is 0 Å². The Hall–Kier alpha value is -0.120. The summed E-state index contributed by atoms with van der Waals surface area (Å²) < 4.78 is 11.8. The molecule has 3 aliphatic rings. The Kier molecular flexibility index (Phi) is 2.54. The highest BCUT2D eigenvalue weighted by atomic mass is 16.7. The van der Waals surface area contributed by atoms with Crippen molar-refractivity contribution in [1.29, 1.82) is 0 Å². The number of hydrogen-bond donors (Lipinski definition) is 1. The van der Waals surface area contributed by atoms with Gasteiger partial charge in [0, 0.05) is 12.3 Å². The molecule has 3 fully saturated rings. The van der Waals surface area contributed by atoms with Crippen LogP contribution in [0.1, 0.15) is 45.4 Å². The van der Waals surface area contributed by atoms with Crippen LogP contribution >= 0.6 is 0 Å². The fraction of sp³-hybridized carbons (Fsp3) is 1.00. The normalized spacial score (nSPS) is 46.9.